The minimum absolute atomic E-state index is 0.399. The fraction of sp³-hybridized carbons (Fsp3) is 0.789. The van der Waals surface area contributed by atoms with Crippen molar-refractivity contribution in [3.8, 4) is 6.01 Å². The number of nitrogen functional groups attached to an aromatic ring is 1. The summed E-state index contributed by atoms with van der Waals surface area (Å²) in [5.74, 6) is 2.19. The smallest absolute Gasteiger partial charge is 0.320 e. The van der Waals surface area contributed by atoms with Crippen molar-refractivity contribution in [2.75, 3.05) is 55.4 Å². The number of unbranched alkanes of at least 4 members (excludes halogenated alkanes) is 1. The Kier molecular flexibility index (Phi) is 6.77. The van der Waals surface area contributed by atoms with Crippen LogP contribution in [0.4, 0.5) is 17.3 Å². The number of nitrogens with two attached hydrogens (primary N) is 1. The zero-order valence-corrected chi connectivity index (χ0v) is 16.3. The molecule has 3 N–H and O–H groups in total. The van der Waals surface area contributed by atoms with Crippen LogP contribution in [0.2, 0.25) is 0 Å². The topological polar surface area (TPSA) is 79.5 Å². The van der Waals surface area contributed by atoms with E-state index >= 15 is 0 Å². The molecule has 0 spiro atoms. The first-order chi connectivity index (χ1) is 12.7. The van der Waals surface area contributed by atoms with Crippen molar-refractivity contribution < 1.29 is 4.74 Å². The number of piperidine rings is 1. The third kappa shape index (κ3) is 4.69. The van der Waals surface area contributed by atoms with Gasteiger partial charge in [0.15, 0.2) is 11.6 Å². The zero-order valence-electron chi connectivity index (χ0n) is 16.3. The number of ether oxygens (including phenoxy) is 1. The molecule has 3 rings (SSSR count). The first-order valence-electron chi connectivity index (χ1n) is 10.2. The molecule has 1 saturated heterocycles. The first-order valence-corrected chi connectivity index (χ1v) is 10.2. The molecule has 0 aromatic carbocycles. The van der Waals surface area contributed by atoms with E-state index in [4.69, 9.17) is 10.5 Å². The van der Waals surface area contributed by atoms with Gasteiger partial charge < -0.3 is 25.6 Å². The normalized spacial score (nSPS) is 18.0. The van der Waals surface area contributed by atoms with Crippen LogP contribution in [-0.4, -0.2) is 54.3 Å². The van der Waals surface area contributed by atoms with Gasteiger partial charge in [-0.1, -0.05) is 20.3 Å². The van der Waals surface area contributed by atoms with E-state index < -0.39 is 0 Å². The van der Waals surface area contributed by atoms with Gasteiger partial charge in [-0.05, 0) is 57.7 Å². The van der Waals surface area contributed by atoms with E-state index in [1.165, 1.54) is 45.3 Å². The second kappa shape index (κ2) is 9.26. The van der Waals surface area contributed by atoms with Gasteiger partial charge in [-0.15, -0.1) is 0 Å². The maximum absolute atomic E-state index is 6.10. The van der Waals surface area contributed by atoms with Crippen molar-refractivity contribution in [3.05, 3.63) is 0 Å². The molecule has 0 aliphatic carbocycles. The van der Waals surface area contributed by atoms with E-state index in [9.17, 15) is 0 Å². The molecule has 146 valence electrons. The number of nitrogens with zero attached hydrogens (tertiary/aromatic N) is 4. The van der Waals surface area contributed by atoms with Crippen LogP contribution in [0.25, 0.3) is 0 Å². The highest BCUT2D eigenvalue weighted by Crippen LogP contribution is 2.35. The highest BCUT2D eigenvalue weighted by Gasteiger charge is 2.26. The number of likely N-dealkylation sites (tertiary alicyclic amines) is 1. The Bertz CT molecular complexity index is 573. The average molecular weight is 363 g/mol. The summed E-state index contributed by atoms with van der Waals surface area (Å²) in [6.45, 7) is 10.5. The van der Waals surface area contributed by atoms with Gasteiger partial charge in [0, 0.05) is 6.54 Å². The lowest BCUT2D eigenvalue weighted by Crippen LogP contribution is -2.35. The lowest BCUT2D eigenvalue weighted by Gasteiger charge is -2.32. The minimum atomic E-state index is 0.399. The third-order valence-electron chi connectivity index (χ3n) is 5.43. The molecular formula is C19H34N6O. The molecule has 0 saturated carbocycles. The summed E-state index contributed by atoms with van der Waals surface area (Å²) in [6.07, 6.45) is 7.17. The van der Waals surface area contributed by atoms with Gasteiger partial charge in [0.2, 0.25) is 0 Å². The molecule has 2 aliphatic heterocycles. The zero-order chi connectivity index (χ0) is 18.4. The maximum Gasteiger partial charge on any atom is 0.320 e. The summed E-state index contributed by atoms with van der Waals surface area (Å²) in [5, 5.41) is 3.34. The summed E-state index contributed by atoms with van der Waals surface area (Å²) in [5.41, 5.74) is 6.95. The van der Waals surface area contributed by atoms with Crippen molar-refractivity contribution in [2.45, 2.75) is 52.4 Å². The molecule has 3 heterocycles. The highest BCUT2D eigenvalue weighted by molar-refractivity contribution is 5.80. The van der Waals surface area contributed by atoms with E-state index in [0.29, 0.717) is 18.4 Å². The number of rotatable bonds is 9. The van der Waals surface area contributed by atoms with Crippen LogP contribution in [-0.2, 0) is 0 Å². The van der Waals surface area contributed by atoms with Crippen molar-refractivity contribution in [2.24, 2.45) is 5.92 Å². The van der Waals surface area contributed by atoms with Crippen molar-refractivity contribution in [3.63, 3.8) is 0 Å². The van der Waals surface area contributed by atoms with Gasteiger partial charge in [-0.3, -0.25) is 0 Å². The van der Waals surface area contributed by atoms with Crippen molar-refractivity contribution in [1.82, 2.24) is 14.9 Å². The van der Waals surface area contributed by atoms with Crippen molar-refractivity contribution >= 4 is 17.3 Å². The Morgan fingerprint density at radius 3 is 2.69 bits per heavy atom. The molecule has 0 radical (unpaired) electrons. The molecular weight excluding hydrogens is 328 g/mol. The van der Waals surface area contributed by atoms with E-state index in [-0.39, 0.29) is 0 Å². The molecule has 1 fully saturated rings. The molecule has 0 bridgehead atoms. The van der Waals surface area contributed by atoms with Gasteiger partial charge >= 0.3 is 6.01 Å². The molecule has 0 atom stereocenters. The standard InChI is InChI=1S/C19H34N6O/c1-3-5-13-26-19-22-17(20)16-18(23-19)25(14-21-16)12-8-15-6-10-24(9-4-2)11-7-15/h15,21H,3-14H2,1-2H3,(H2,20,22,23). The SMILES string of the molecule is CCCCOc1nc(N)c2c(n1)N(CCC1CCN(CCC)CC1)CN2. The molecule has 1 aromatic rings. The van der Waals surface area contributed by atoms with Gasteiger partial charge in [0.1, 0.15) is 5.69 Å². The Balaban J connectivity index is 1.53. The number of fused-ring (bicyclic) bond motifs is 1. The minimum Gasteiger partial charge on any atom is -0.463 e. The van der Waals surface area contributed by atoms with Crippen LogP contribution in [0, 0.1) is 5.92 Å². The fourth-order valence-corrected chi connectivity index (χ4v) is 3.80. The fourth-order valence-electron chi connectivity index (χ4n) is 3.80. The van der Waals surface area contributed by atoms with Crippen LogP contribution in [0.5, 0.6) is 6.01 Å². The second-order valence-corrected chi connectivity index (χ2v) is 7.46. The van der Waals surface area contributed by atoms with Crippen LogP contribution < -0.4 is 20.7 Å². The van der Waals surface area contributed by atoms with Crippen LogP contribution >= 0.6 is 0 Å². The van der Waals surface area contributed by atoms with E-state index in [0.717, 1.165) is 43.5 Å². The average Bonchev–Trinajstić information content (AvgIpc) is 3.05. The Hall–Kier alpha value is -1.76. The second-order valence-electron chi connectivity index (χ2n) is 7.46. The molecule has 7 heteroatoms. The number of hydrogen-bond acceptors (Lipinski definition) is 7. The largest absolute Gasteiger partial charge is 0.463 e. The number of hydrogen-bond donors (Lipinski definition) is 2. The first kappa shape index (κ1) is 19.0. The molecule has 1 aromatic heterocycles. The summed E-state index contributed by atoms with van der Waals surface area (Å²) in [6, 6.07) is 0.399. The predicted molar refractivity (Wildman–Crippen MR) is 107 cm³/mol. The summed E-state index contributed by atoms with van der Waals surface area (Å²) >= 11 is 0. The number of nitrogens with one attached hydrogen (secondary N) is 1. The Morgan fingerprint density at radius 1 is 1.15 bits per heavy atom. The number of aromatic nitrogens is 2. The Labute approximate surface area is 157 Å². The van der Waals surface area contributed by atoms with Gasteiger partial charge in [0.05, 0.1) is 13.3 Å². The van der Waals surface area contributed by atoms with Gasteiger partial charge in [-0.2, -0.15) is 9.97 Å². The van der Waals surface area contributed by atoms with Crippen LogP contribution in [0.3, 0.4) is 0 Å². The molecule has 7 nitrogen and oxygen atoms in total. The molecule has 26 heavy (non-hydrogen) atoms. The predicted octanol–water partition coefficient (Wildman–Crippen LogP) is 2.94. The molecule has 0 unspecified atom stereocenters. The summed E-state index contributed by atoms with van der Waals surface area (Å²) in [7, 11) is 0. The Morgan fingerprint density at radius 2 is 1.96 bits per heavy atom. The van der Waals surface area contributed by atoms with E-state index in [2.05, 4.69) is 38.9 Å². The molecule has 2 aliphatic rings. The van der Waals surface area contributed by atoms with Crippen molar-refractivity contribution in [1.29, 1.82) is 0 Å². The number of anilines is 3. The van der Waals surface area contributed by atoms with Gasteiger partial charge in [0.25, 0.3) is 0 Å². The lowest BCUT2D eigenvalue weighted by atomic mass is 9.93. The summed E-state index contributed by atoms with van der Waals surface area (Å²) < 4.78 is 5.67. The van der Waals surface area contributed by atoms with Crippen LogP contribution in [0.15, 0.2) is 0 Å². The quantitative estimate of drug-likeness (QED) is 0.654. The van der Waals surface area contributed by atoms with E-state index in [1.54, 1.807) is 0 Å². The molecule has 0 amide bonds. The van der Waals surface area contributed by atoms with Gasteiger partial charge in [-0.25, -0.2) is 0 Å². The maximum atomic E-state index is 6.10. The van der Waals surface area contributed by atoms with Crippen LogP contribution in [0.1, 0.15) is 52.4 Å². The summed E-state index contributed by atoms with van der Waals surface area (Å²) in [4.78, 5) is 13.8. The van der Waals surface area contributed by atoms with E-state index in [1.807, 2.05) is 0 Å². The monoisotopic (exact) mass is 362 g/mol. The third-order valence-corrected chi connectivity index (χ3v) is 5.43. The highest BCUT2D eigenvalue weighted by atomic mass is 16.5. The lowest BCUT2D eigenvalue weighted by molar-refractivity contribution is 0.180.